The van der Waals surface area contributed by atoms with Crippen LogP contribution in [0.5, 0.6) is 0 Å². The highest BCUT2D eigenvalue weighted by Gasteiger charge is 2.22. The van der Waals surface area contributed by atoms with Crippen LogP contribution in [0.2, 0.25) is 0 Å². The molecule has 0 aliphatic heterocycles. The Bertz CT molecular complexity index is 622. The monoisotopic (exact) mass is 315 g/mol. The molecule has 0 heterocycles. The topological polar surface area (TPSA) is 86.5 Å². The van der Waals surface area contributed by atoms with Crippen LogP contribution in [-0.2, 0) is 14.8 Å². The molecule has 1 aromatic rings. The highest BCUT2D eigenvalue weighted by atomic mass is 32.2. The fourth-order valence-corrected chi connectivity index (χ4v) is 2.95. The summed E-state index contributed by atoms with van der Waals surface area (Å²) in [6.07, 6.45) is 5.41. The van der Waals surface area contributed by atoms with Gasteiger partial charge < -0.3 is 4.74 Å². The largest absolute Gasteiger partial charge is 0.459 e. The quantitative estimate of drug-likeness (QED) is 0.685. The second-order valence-corrected chi connectivity index (χ2v) is 6.77. The molecule has 0 radical (unpaired) electrons. The first-order valence-corrected chi connectivity index (χ1v) is 8.46. The molecular formula is C14H18FNO4S. The van der Waals surface area contributed by atoms with Crippen LogP contribution >= 0.6 is 0 Å². The SMILES string of the molecule is NS(=O)(=O)c1ccc(F)c(C(=O)OC2CCCCCC2)c1. The zero-order valence-electron chi connectivity index (χ0n) is 11.5. The van der Waals surface area contributed by atoms with Gasteiger partial charge in [-0.15, -0.1) is 0 Å². The first-order chi connectivity index (χ1) is 9.88. The molecule has 21 heavy (non-hydrogen) atoms. The van der Waals surface area contributed by atoms with Gasteiger partial charge in [0, 0.05) is 0 Å². The summed E-state index contributed by atoms with van der Waals surface area (Å²) in [5.41, 5.74) is -0.397. The van der Waals surface area contributed by atoms with Crippen LogP contribution in [0.3, 0.4) is 0 Å². The van der Waals surface area contributed by atoms with E-state index in [1.807, 2.05) is 0 Å². The van der Waals surface area contributed by atoms with Gasteiger partial charge in [0.1, 0.15) is 11.9 Å². The normalized spacial score (nSPS) is 17.2. The van der Waals surface area contributed by atoms with Crippen LogP contribution < -0.4 is 5.14 Å². The van der Waals surface area contributed by atoms with Crippen molar-refractivity contribution in [2.45, 2.75) is 49.5 Å². The number of ether oxygens (including phenoxy) is 1. The molecule has 0 amide bonds. The summed E-state index contributed by atoms with van der Waals surface area (Å²) < 4.78 is 41.5. The zero-order valence-corrected chi connectivity index (χ0v) is 12.4. The van der Waals surface area contributed by atoms with E-state index in [9.17, 15) is 17.6 Å². The van der Waals surface area contributed by atoms with Crippen molar-refractivity contribution < 1.29 is 22.3 Å². The lowest BCUT2D eigenvalue weighted by molar-refractivity contribution is 0.0262. The van der Waals surface area contributed by atoms with E-state index >= 15 is 0 Å². The Labute approximate surface area is 123 Å². The maximum absolute atomic E-state index is 13.7. The van der Waals surface area contributed by atoms with Crippen molar-refractivity contribution in [2.75, 3.05) is 0 Å². The summed E-state index contributed by atoms with van der Waals surface area (Å²) >= 11 is 0. The van der Waals surface area contributed by atoms with Crippen LogP contribution in [0.15, 0.2) is 23.1 Å². The number of halogens is 1. The third-order valence-electron chi connectivity index (χ3n) is 3.56. The number of esters is 1. The molecule has 0 unspecified atom stereocenters. The average Bonchev–Trinajstić information content (AvgIpc) is 2.66. The number of hydrogen-bond donors (Lipinski definition) is 1. The fraction of sp³-hybridized carbons (Fsp3) is 0.500. The molecule has 1 saturated carbocycles. The second-order valence-electron chi connectivity index (χ2n) is 5.21. The van der Waals surface area contributed by atoms with Crippen molar-refractivity contribution >= 4 is 16.0 Å². The molecule has 1 aliphatic rings. The maximum atomic E-state index is 13.7. The molecule has 1 aromatic carbocycles. The van der Waals surface area contributed by atoms with Crippen LogP contribution in [0.25, 0.3) is 0 Å². The Kier molecular flexibility index (Phi) is 4.95. The summed E-state index contributed by atoms with van der Waals surface area (Å²) in [5.74, 6) is -1.66. The Morgan fingerprint density at radius 3 is 2.38 bits per heavy atom. The van der Waals surface area contributed by atoms with E-state index in [0.29, 0.717) is 0 Å². The van der Waals surface area contributed by atoms with Gasteiger partial charge in [0.05, 0.1) is 10.5 Å². The predicted molar refractivity (Wildman–Crippen MR) is 74.7 cm³/mol. The lowest BCUT2D eigenvalue weighted by atomic mass is 10.1. The zero-order chi connectivity index (χ0) is 15.5. The molecule has 1 aliphatic carbocycles. The fourth-order valence-electron chi connectivity index (χ4n) is 2.41. The number of primary sulfonamides is 1. The summed E-state index contributed by atoms with van der Waals surface area (Å²) in [4.78, 5) is 11.7. The smallest absolute Gasteiger partial charge is 0.341 e. The minimum Gasteiger partial charge on any atom is -0.459 e. The van der Waals surface area contributed by atoms with Crippen LogP contribution in [-0.4, -0.2) is 20.5 Å². The molecule has 2 rings (SSSR count). The molecule has 1 fully saturated rings. The van der Waals surface area contributed by atoms with Gasteiger partial charge >= 0.3 is 5.97 Å². The highest BCUT2D eigenvalue weighted by molar-refractivity contribution is 7.89. The Morgan fingerprint density at radius 1 is 1.19 bits per heavy atom. The van der Waals surface area contributed by atoms with Gasteiger partial charge in [0.25, 0.3) is 0 Å². The first-order valence-electron chi connectivity index (χ1n) is 6.91. The van der Waals surface area contributed by atoms with Crippen molar-refractivity contribution in [3.05, 3.63) is 29.6 Å². The van der Waals surface area contributed by atoms with Crippen LogP contribution in [0.4, 0.5) is 4.39 Å². The minimum absolute atomic E-state index is 0.238. The molecule has 116 valence electrons. The van der Waals surface area contributed by atoms with Crippen LogP contribution in [0, 0.1) is 5.82 Å². The lowest BCUT2D eigenvalue weighted by Gasteiger charge is -2.15. The third-order valence-corrected chi connectivity index (χ3v) is 4.47. The predicted octanol–water partition coefficient (Wildman–Crippen LogP) is 2.35. The number of sulfonamides is 1. The van der Waals surface area contributed by atoms with Crippen molar-refractivity contribution in [3.8, 4) is 0 Å². The van der Waals surface area contributed by atoms with E-state index in [0.717, 1.165) is 56.7 Å². The second kappa shape index (κ2) is 6.53. The summed E-state index contributed by atoms with van der Waals surface area (Å²) in [6.45, 7) is 0. The number of carbonyl (C=O) groups is 1. The van der Waals surface area contributed by atoms with Gasteiger partial charge in [-0.25, -0.2) is 22.7 Å². The first kappa shape index (κ1) is 15.9. The molecule has 0 atom stereocenters. The van der Waals surface area contributed by atoms with E-state index in [4.69, 9.17) is 9.88 Å². The third kappa shape index (κ3) is 4.25. The Hall–Kier alpha value is -1.47. The van der Waals surface area contributed by atoms with Gasteiger partial charge in [0.15, 0.2) is 0 Å². The van der Waals surface area contributed by atoms with Crippen molar-refractivity contribution in [1.29, 1.82) is 0 Å². The van der Waals surface area contributed by atoms with Crippen molar-refractivity contribution in [1.82, 2.24) is 0 Å². The number of rotatable bonds is 3. The van der Waals surface area contributed by atoms with Gasteiger partial charge in [-0.2, -0.15) is 0 Å². The van der Waals surface area contributed by atoms with E-state index in [2.05, 4.69) is 0 Å². The number of benzene rings is 1. The highest BCUT2D eigenvalue weighted by Crippen LogP contribution is 2.22. The Morgan fingerprint density at radius 2 is 1.81 bits per heavy atom. The molecule has 0 spiro atoms. The molecule has 0 bridgehead atoms. The minimum atomic E-state index is -3.99. The summed E-state index contributed by atoms with van der Waals surface area (Å²) in [5, 5.41) is 4.98. The van der Waals surface area contributed by atoms with Crippen molar-refractivity contribution in [2.24, 2.45) is 5.14 Å². The molecule has 0 aromatic heterocycles. The summed E-state index contributed by atoms with van der Waals surface area (Å²) in [7, 11) is -3.99. The number of hydrogen-bond acceptors (Lipinski definition) is 4. The standard InChI is InChI=1S/C14H18FNO4S/c15-13-8-7-11(21(16,18)19)9-12(13)14(17)20-10-5-3-1-2-4-6-10/h7-10H,1-6H2,(H2,16,18,19). The van der Waals surface area contributed by atoms with Crippen LogP contribution in [0.1, 0.15) is 48.9 Å². The molecular weight excluding hydrogens is 297 g/mol. The van der Waals surface area contributed by atoms with E-state index in [1.54, 1.807) is 0 Å². The molecule has 7 heteroatoms. The maximum Gasteiger partial charge on any atom is 0.341 e. The number of carbonyl (C=O) groups excluding carboxylic acids is 1. The number of nitrogens with two attached hydrogens (primary N) is 1. The van der Waals surface area contributed by atoms with Crippen molar-refractivity contribution in [3.63, 3.8) is 0 Å². The summed E-state index contributed by atoms with van der Waals surface area (Å²) in [6, 6.07) is 2.85. The van der Waals surface area contributed by atoms with Gasteiger partial charge in [-0.05, 0) is 43.9 Å². The molecule has 5 nitrogen and oxygen atoms in total. The average molecular weight is 315 g/mol. The van der Waals surface area contributed by atoms with Gasteiger partial charge in [0.2, 0.25) is 10.0 Å². The van der Waals surface area contributed by atoms with Gasteiger partial charge in [-0.1, -0.05) is 12.8 Å². The van der Waals surface area contributed by atoms with E-state index in [1.165, 1.54) is 0 Å². The molecule has 0 saturated heterocycles. The van der Waals surface area contributed by atoms with E-state index in [-0.39, 0.29) is 11.0 Å². The Balaban J connectivity index is 2.18. The lowest BCUT2D eigenvalue weighted by Crippen LogP contribution is -2.19. The van der Waals surface area contributed by atoms with E-state index < -0.39 is 27.4 Å². The molecule has 2 N–H and O–H groups in total. The van der Waals surface area contributed by atoms with Gasteiger partial charge in [-0.3, -0.25) is 0 Å².